The number of rotatable bonds is 7. The molecule has 2 atom stereocenters. The van der Waals surface area contributed by atoms with Gasteiger partial charge in [0.2, 0.25) is 0 Å². The van der Waals surface area contributed by atoms with Crippen molar-refractivity contribution in [1.29, 1.82) is 0 Å². The number of carboxylic acid groups (broad SMARTS) is 1. The van der Waals surface area contributed by atoms with Gasteiger partial charge in [0, 0.05) is 6.42 Å². The molecule has 0 radical (unpaired) electrons. The molecule has 1 aromatic rings. The first-order valence-electron chi connectivity index (χ1n) is 6.17. The normalized spacial score (nSPS) is 14.2. The van der Waals surface area contributed by atoms with Gasteiger partial charge in [0.1, 0.15) is 5.82 Å². The van der Waals surface area contributed by atoms with Gasteiger partial charge in [-0.3, -0.25) is 4.79 Å². The Bertz CT molecular complexity index is 378. The lowest BCUT2D eigenvalue weighted by atomic mass is 9.89. The molecule has 4 heteroatoms. The van der Waals surface area contributed by atoms with Gasteiger partial charge in [0.15, 0.2) is 0 Å². The van der Waals surface area contributed by atoms with Crippen LogP contribution in [0, 0.1) is 17.7 Å². The summed E-state index contributed by atoms with van der Waals surface area (Å²) in [5.41, 5.74) is 6.63. The smallest absolute Gasteiger partial charge is 0.303 e. The van der Waals surface area contributed by atoms with Crippen molar-refractivity contribution in [2.24, 2.45) is 17.6 Å². The van der Waals surface area contributed by atoms with Crippen molar-refractivity contribution in [3.8, 4) is 0 Å². The van der Waals surface area contributed by atoms with Gasteiger partial charge in [-0.2, -0.15) is 0 Å². The summed E-state index contributed by atoms with van der Waals surface area (Å²) in [5, 5.41) is 8.75. The quantitative estimate of drug-likeness (QED) is 0.784. The molecule has 0 spiro atoms. The molecule has 0 aliphatic rings. The van der Waals surface area contributed by atoms with Gasteiger partial charge in [-0.15, -0.1) is 0 Å². The van der Waals surface area contributed by atoms with Gasteiger partial charge in [-0.1, -0.05) is 19.1 Å². The van der Waals surface area contributed by atoms with Crippen molar-refractivity contribution in [3.05, 3.63) is 35.6 Å². The fourth-order valence-corrected chi connectivity index (χ4v) is 2.19. The molecule has 2 unspecified atom stereocenters. The number of hydrogen-bond acceptors (Lipinski definition) is 2. The number of hydrogen-bond donors (Lipinski definition) is 2. The zero-order chi connectivity index (χ0) is 13.5. The largest absolute Gasteiger partial charge is 0.481 e. The lowest BCUT2D eigenvalue weighted by Gasteiger charge is -2.18. The van der Waals surface area contributed by atoms with Gasteiger partial charge >= 0.3 is 5.97 Å². The van der Waals surface area contributed by atoms with Crippen LogP contribution >= 0.6 is 0 Å². The van der Waals surface area contributed by atoms with Crippen LogP contribution < -0.4 is 5.73 Å². The summed E-state index contributed by atoms with van der Waals surface area (Å²) in [4.78, 5) is 10.6. The third-order valence-electron chi connectivity index (χ3n) is 3.03. The Balaban J connectivity index is 2.46. The molecule has 0 saturated heterocycles. The Morgan fingerprint density at radius 2 is 2.00 bits per heavy atom. The topological polar surface area (TPSA) is 63.3 Å². The molecule has 1 aromatic carbocycles. The molecule has 18 heavy (non-hydrogen) atoms. The highest BCUT2D eigenvalue weighted by Crippen LogP contribution is 2.19. The van der Waals surface area contributed by atoms with Gasteiger partial charge in [0.05, 0.1) is 0 Å². The summed E-state index contributed by atoms with van der Waals surface area (Å²) in [6.07, 6.45) is 1.71. The van der Waals surface area contributed by atoms with Gasteiger partial charge < -0.3 is 10.8 Å². The van der Waals surface area contributed by atoms with Crippen LogP contribution in [0.25, 0.3) is 0 Å². The molecule has 0 bridgehead atoms. The molecule has 0 aliphatic carbocycles. The SMILES string of the molecule is CC(Cc1ccc(F)cc1)CC(CN)CC(=O)O. The molecular weight excluding hydrogens is 233 g/mol. The molecular formula is C14H20FNO2. The van der Waals surface area contributed by atoms with Gasteiger partial charge in [-0.05, 0) is 48.9 Å². The van der Waals surface area contributed by atoms with E-state index in [0.717, 1.165) is 18.4 Å². The number of halogens is 1. The maximum Gasteiger partial charge on any atom is 0.303 e. The van der Waals surface area contributed by atoms with Crippen molar-refractivity contribution < 1.29 is 14.3 Å². The molecule has 0 heterocycles. The molecule has 0 amide bonds. The van der Waals surface area contributed by atoms with E-state index in [1.165, 1.54) is 12.1 Å². The highest BCUT2D eigenvalue weighted by Gasteiger charge is 2.15. The second kappa shape index (κ2) is 7.11. The zero-order valence-corrected chi connectivity index (χ0v) is 10.6. The minimum Gasteiger partial charge on any atom is -0.481 e. The molecule has 3 nitrogen and oxygen atoms in total. The molecule has 3 N–H and O–H groups in total. The summed E-state index contributed by atoms with van der Waals surface area (Å²) in [6.45, 7) is 2.45. The van der Waals surface area contributed by atoms with Crippen LogP contribution in [-0.4, -0.2) is 17.6 Å². The van der Waals surface area contributed by atoms with Crippen LogP contribution in [0.1, 0.15) is 25.3 Å². The minimum absolute atomic E-state index is 0.0120. The summed E-state index contributed by atoms with van der Waals surface area (Å²) in [5.74, 6) is -0.696. The number of benzene rings is 1. The predicted octanol–water partition coefficient (Wildman–Crippen LogP) is 2.44. The molecule has 0 aliphatic heterocycles. The Morgan fingerprint density at radius 1 is 1.39 bits per heavy atom. The van der Waals surface area contributed by atoms with E-state index in [4.69, 9.17) is 10.8 Å². The average Bonchev–Trinajstić information content (AvgIpc) is 2.30. The molecule has 0 aromatic heterocycles. The first-order valence-corrected chi connectivity index (χ1v) is 6.17. The number of carbonyl (C=O) groups is 1. The number of nitrogens with two attached hydrogens (primary N) is 1. The third-order valence-corrected chi connectivity index (χ3v) is 3.03. The van der Waals surface area contributed by atoms with E-state index in [2.05, 4.69) is 6.92 Å². The highest BCUT2D eigenvalue weighted by molar-refractivity contribution is 5.67. The maximum absolute atomic E-state index is 12.8. The van der Waals surface area contributed by atoms with E-state index >= 15 is 0 Å². The van der Waals surface area contributed by atoms with E-state index in [0.29, 0.717) is 12.5 Å². The van der Waals surface area contributed by atoms with Crippen molar-refractivity contribution in [1.82, 2.24) is 0 Å². The first kappa shape index (κ1) is 14.6. The maximum atomic E-state index is 12.8. The second-order valence-electron chi connectivity index (χ2n) is 4.87. The van der Waals surface area contributed by atoms with Crippen molar-refractivity contribution in [2.75, 3.05) is 6.54 Å². The predicted molar refractivity (Wildman–Crippen MR) is 68.7 cm³/mol. The summed E-state index contributed by atoms with van der Waals surface area (Å²) >= 11 is 0. The zero-order valence-electron chi connectivity index (χ0n) is 10.6. The van der Waals surface area contributed by atoms with Gasteiger partial charge in [-0.25, -0.2) is 4.39 Å². The lowest BCUT2D eigenvalue weighted by Crippen LogP contribution is -2.21. The fraction of sp³-hybridized carbons (Fsp3) is 0.500. The van der Waals surface area contributed by atoms with Crippen LogP contribution in [0.4, 0.5) is 4.39 Å². The lowest BCUT2D eigenvalue weighted by molar-refractivity contribution is -0.138. The van der Waals surface area contributed by atoms with Crippen LogP contribution in [0.5, 0.6) is 0 Å². The summed E-state index contributed by atoms with van der Waals surface area (Å²) in [7, 11) is 0. The van der Waals surface area contributed by atoms with E-state index in [1.807, 2.05) is 0 Å². The Morgan fingerprint density at radius 3 is 2.50 bits per heavy atom. The standard InChI is InChI=1S/C14H20FNO2/c1-10(7-12(9-16)8-14(17)18)6-11-2-4-13(15)5-3-11/h2-5,10,12H,6-9,16H2,1H3,(H,17,18). The monoisotopic (exact) mass is 253 g/mol. The second-order valence-corrected chi connectivity index (χ2v) is 4.87. The molecule has 0 fully saturated rings. The number of carboxylic acids is 1. The Kier molecular flexibility index (Phi) is 5.78. The minimum atomic E-state index is -0.806. The van der Waals surface area contributed by atoms with Crippen molar-refractivity contribution in [2.45, 2.75) is 26.2 Å². The van der Waals surface area contributed by atoms with Crippen molar-refractivity contribution >= 4 is 5.97 Å². The highest BCUT2D eigenvalue weighted by atomic mass is 19.1. The third kappa shape index (κ3) is 5.27. The van der Waals surface area contributed by atoms with Crippen molar-refractivity contribution in [3.63, 3.8) is 0 Å². The van der Waals surface area contributed by atoms with Crippen LogP contribution in [0.3, 0.4) is 0 Å². The van der Waals surface area contributed by atoms with E-state index in [9.17, 15) is 9.18 Å². The molecule has 0 saturated carbocycles. The Labute approximate surface area is 107 Å². The number of aliphatic carboxylic acids is 1. The molecule has 1 rings (SSSR count). The summed E-state index contributed by atoms with van der Waals surface area (Å²) < 4.78 is 12.8. The van der Waals surface area contributed by atoms with Gasteiger partial charge in [0.25, 0.3) is 0 Å². The fourth-order valence-electron chi connectivity index (χ4n) is 2.19. The average molecular weight is 253 g/mol. The van der Waals surface area contributed by atoms with Crippen LogP contribution in [-0.2, 0) is 11.2 Å². The van der Waals surface area contributed by atoms with E-state index in [1.54, 1.807) is 12.1 Å². The van der Waals surface area contributed by atoms with E-state index < -0.39 is 5.97 Å². The first-order chi connectivity index (χ1) is 8.51. The Hall–Kier alpha value is -1.42. The summed E-state index contributed by atoms with van der Waals surface area (Å²) in [6, 6.07) is 6.42. The van der Waals surface area contributed by atoms with E-state index in [-0.39, 0.29) is 18.2 Å². The van der Waals surface area contributed by atoms with Crippen LogP contribution in [0.15, 0.2) is 24.3 Å². The van der Waals surface area contributed by atoms with Crippen LogP contribution in [0.2, 0.25) is 0 Å². The molecule has 100 valence electrons.